The lowest BCUT2D eigenvalue weighted by Gasteiger charge is -2.48. The standard InChI is InChI=1S/C26H32N2O/c1-29-25-9-5-8-24(18-25)26(14-10-21(19-27)11-15-26)23-12-16-28(17-13-23)20-22-6-3-2-4-7-22/h2-9,18,21,23H,10-17,20H2,1H3. The Kier molecular flexibility index (Phi) is 6.21. The van der Waals surface area contributed by atoms with E-state index in [1.54, 1.807) is 7.11 Å². The van der Waals surface area contributed by atoms with Gasteiger partial charge in [-0.05, 0) is 86.2 Å². The van der Waals surface area contributed by atoms with Crippen LogP contribution in [0.15, 0.2) is 54.6 Å². The van der Waals surface area contributed by atoms with E-state index < -0.39 is 0 Å². The molecule has 2 fully saturated rings. The second kappa shape index (κ2) is 9.01. The zero-order chi connectivity index (χ0) is 20.1. The van der Waals surface area contributed by atoms with Gasteiger partial charge in [0.25, 0.3) is 0 Å². The molecular weight excluding hydrogens is 356 g/mol. The number of rotatable bonds is 5. The van der Waals surface area contributed by atoms with Gasteiger partial charge < -0.3 is 4.74 Å². The summed E-state index contributed by atoms with van der Waals surface area (Å²) in [6, 6.07) is 22.1. The summed E-state index contributed by atoms with van der Waals surface area (Å²) in [7, 11) is 1.75. The number of methoxy groups -OCH3 is 1. The Balaban J connectivity index is 1.51. The van der Waals surface area contributed by atoms with Gasteiger partial charge in [0.05, 0.1) is 13.2 Å². The first-order valence-electron chi connectivity index (χ1n) is 11.0. The molecule has 152 valence electrons. The number of benzene rings is 2. The first-order chi connectivity index (χ1) is 14.2. The van der Waals surface area contributed by atoms with Crippen molar-refractivity contribution in [2.45, 2.75) is 50.5 Å². The fourth-order valence-corrected chi connectivity index (χ4v) is 5.61. The van der Waals surface area contributed by atoms with Crippen molar-refractivity contribution >= 4 is 0 Å². The summed E-state index contributed by atoms with van der Waals surface area (Å²) >= 11 is 0. The number of ether oxygens (including phenoxy) is 1. The Morgan fingerprint density at radius 1 is 1.00 bits per heavy atom. The molecule has 2 aliphatic rings. The van der Waals surface area contributed by atoms with Crippen LogP contribution in [-0.4, -0.2) is 25.1 Å². The normalized spacial score (nSPS) is 26.0. The lowest BCUT2D eigenvalue weighted by Crippen LogP contribution is -2.45. The van der Waals surface area contributed by atoms with E-state index >= 15 is 0 Å². The highest BCUT2D eigenvalue weighted by Gasteiger charge is 2.44. The maximum Gasteiger partial charge on any atom is 0.119 e. The smallest absolute Gasteiger partial charge is 0.119 e. The average Bonchev–Trinajstić information content (AvgIpc) is 2.80. The van der Waals surface area contributed by atoms with Gasteiger partial charge in [-0.3, -0.25) is 4.90 Å². The fourth-order valence-electron chi connectivity index (χ4n) is 5.61. The van der Waals surface area contributed by atoms with Crippen molar-refractivity contribution in [1.29, 1.82) is 5.26 Å². The van der Waals surface area contributed by atoms with E-state index in [1.165, 1.54) is 24.0 Å². The summed E-state index contributed by atoms with van der Waals surface area (Å²) in [6.45, 7) is 3.37. The molecule has 4 rings (SSSR count). The van der Waals surface area contributed by atoms with Crippen LogP contribution in [0.2, 0.25) is 0 Å². The van der Waals surface area contributed by atoms with Crippen LogP contribution in [0.5, 0.6) is 5.75 Å². The van der Waals surface area contributed by atoms with Gasteiger partial charge in [0.2, 0.25) is 0 Å². The molecule has 0 bridgehead atoms. The minimum Gasteiger partial charge on any atom is -0.497 e. The van der Waals surface area contributed by atoms with Crippen molar-refractivity contribution in [2.75, 3.05) is 20.2 Å². The number of nitriles is 1. The van der Waals surface area contributed by atoms with Crippen LogP contribution >= 0.6 is 0 Å². The molecule has 29 heavy (non-hydrogen) atoms. The van der Waals surface area contributed by atoms with Crippen LogP contribution in [0.25, 0.3) is 0 Å². The summed E-state index contributed by atoms with van der Waals surface area (Å²) in [5.41, 5.74) is 3.03. The molecule has 0 N–H and O–H groups in total. The van der Waals surface area contributed by atoms with E-state index in [0.717, 1.165) is 51.1 Å². The predicted octanol–water partition coefficient (Wildman–Crippen LogP) is 5.56. The topological polar surface area (TPSA) is 36.3 Å². The quantitative estimate of drug-likeness (QED) is 0.673. The molecule has 2 aromatic rings. The van der Waals surface area contributed by atoms with Gasteiger partial charge >= 0.3 is 0 Å². The second-order valence-corrected chi connectivity index (χ2v) is 8.83. The summed E-state index contributed by atoms with van der Waals surface area (Å²) < 4.78 is 5.54. The van der Waals surface area contributed by atoms with Gasteiger partial charge in [-0.15, -0.1) is 0 Å². The maximum absolute atomic E-state index is 9.42. The Morgan fingerprint density at radius 3 is 2.38 bits per heavy atom. The SMILES string of the molecule is COc1cccc(C2(C3CCN(Cc4ccccc4)CC3)CCC(C#N)CC2)c1. The second-order valence-electron chi connectivity index (χ2n) is 8.83. The van der Waals surface area contributed by atoms with Crippen molar-refractivity contribution in [3.05, 3.63) is 65.7 Å². The van der Waals surface area contributed by atoms with Crippen molar-refractivity contribution in [1.82, 2.24) is 4.90 Å². The molecule has 1 heterocycles. The highest BCUT2D eigenvalue weighted by Crippen LogP contribution is 2.50. The van der Waals surface area contributed by atoms with Crippen molar-refractivity contribution in [3.8, 4) is 11.8 Å². The van der Waals surface area contributed by atoms with E-state index in [2.05, 4.69) is 59.5 Å². The van der Waals surface area contributed by atoms with Gasteiger partial charge in [-0.25, -0.2) is 0 Å². The van der Waals surface area contributed by atoms with Gasteiger partial charge in [-0.2, -0.15) is 5.26 Å². The monoisotopic (exact) mass is 388 g/mol. The zero-order valence-electron chi connectivity index (χ0n) is 17.5. The van der Waals surface area contributed by atoms with E-state index in [4.69, 9.17) is 4.74 Å². The summed E-state index contributed by atoms with van der Waals surface area (Å²) in [6.07, 6.45) is 6.78. The molecule has 1 saturated heterocycles. The molecule has 0 unspecified atom stereocenters. The van der Waals surface area contributed by atoms with Gasteiger partial charge in [-0.1, -0.05) is 42.5 Å². The van der Waals surface area contributed by atoms with Crippen LogP contribution in [0.1, 0.15) is 49.7 Å². The third-order valence-electron chi connectivity index (χ3n) is 7.32. The predicted molar refractivity (Wildman–Crippen MR) is 117 cm³/mol. The molecule has 2 aromatic carbocycles. The van der Waals surface area contributed by atoms with Crippen LogP contribution in [-0.2, 0) is 12.0 Å². The maximum atomic E-state index is 9.42. The van der Waals surface area contributed by atoms with E-state index in [0.29, 0.717) is 5.92 Å². The fraction of sp³-hybridized carbons (Fsp3) is 0.500. The first-order valence-corrected chi connectivity index (χ1v) is 11.0. The molecule has 1 saturated carbocycles. The highest BCUT2D eigenvalue weighted by molar-refractivity contribution is 5.35. The molecule has 1 aliphatic heterocycles. The first kappa shape index (κ1) is 20.0. The Bertz CT molecular complexity index is 825. The highest BCUT2D eigenvalue weighted by atomic mass is 16.5. The molecular formula is C26H32N2O. The summed E-state index contributed by atoms with van der Waals surface area (Å²) in [4.78, 5) is 2.60. The van der Waals surface area contributed by atoms with Crippen molar-refractivity contribution in [3.63, 3.8) is 0 Å². The van der Waals surface area contributed by atoms with Gasteiger partial charge in [0.15, 0.2) is 0 Å². The molecule has 3 nitrogen and oxygen atoms in total. The molecule has 0 radical (unpaired) electrons. The van der Waals surface area contributed by atoms with E-state index in [-0.39, 0.29) is 11.3 Å². The van der Waals surface area contributed by atoms with E-state index in [1.807, 2.05) is 6.07 Å². The Hall–Kier alpha value is -2.31. The van der Waals surface area contributed by atoms with Gasteiger partial charge in [0.1, 0.15) is 5.75 Å². The Labute approximate surface area is 175 Å². The molecule has 0 atom stereocenters. The van der Waals surface area contributed by atoms with Crippen LogP contribution in [0, 0.1) is 23.2 Å². The summed E-state index contributed by atoms with van der Waals surface area (Å²) in [5.74, 6) is 1.86. The molecule has 1 aliphatic carbocycles. The van der Waals surface area contributed by atoms with E-state index in [9.17, 15) is 5.26 Å². The van der Waals surface area contributed by atoms with Crippen LogP contribution in [0.4, 0.5) is 0 Å². The average molecular weight is 389 g/mol. The van der Waals surface area contributed by atoms with Crippen molar-refractivity contribution < 1.29 is 4.74 Å². The largest absolute Gasteiger partial charge is 0.497 e. The third kappa shape index (κ3) is 4.33. The zero-order valence-corrected chi connectivity index (χ0v) is 17.5. The molecule has 0 aromatic heterocycles. The number of hydrogen-bond acceptors (Lipinski definition) is 3. The molecule has 3 heteroatoms. The number of hydrogen-bond donors (Lipinski definition) is 0. The lowest BCUT2D eigenvalue weighted by atomic mass is 9.58. The number of nitrogens with zero attached hydrogens (tertiary/aromatic N) is 2. The van der Waals surface area contributed by atoms with Crippen molar-refractivity contribution in [2.24, 2.45) is 11.8 Å². The van der Waals surface area contributed by atoms with Crippen LogP contribution in [0.3, 0.4) is 0 Å². The lowest BCUT2D eigenvalue weighted by molar-refractivity contribution is 0.0891. The minimum atomic E-state index is 0.195. The molecule has 0 amide bonds. The van der Waals surface area contributed by atoms with Gasteiger partial charge in [0, 0.05) is 12.5 Å². The third-order valence-corrected chi connectivity index (χ3v) is 7.32. The number of likely N-dealkylation sites (tertiary alicyclic amines) is 1. The molecule has 0 spiro atoms. The van der Waals surface area contributed by atoms with Crippen LogP contribution < -0.4 is 4.74 Å². The summed E-state index contributed by atoms with van der Waals surface area (Å²) in [5, 5.41) is 9.42. The minimum absolute atomic E-state index is 0.195. The number of piperidine rings is 1. The Morgan fingerprint density at radius 2 is 1.72 bits per heavy atom.